The van der Waals surface area contributed by atoms with E-state index in [1.54, 1.807) is 24.3 Å². The molecular formula is C22H27N5O6S. The first-order valence-electron chi connectivity index (χ1n) is 10.8. The molecule has 1 aliphatic rings. The number of benzene rings is 2. The van der Waals surface area contributed by atoms with Crippen LogP contribution in [0.4, 0.5) is 5.69 Å². The molecule has 3 rings (SSSR count). The summed E-state index contributed by atoms with van der Waals surface area (Å²) in [7, 11) is -3.61. The second-order valence-corrected chi connectivity index (χ2v) is 9.99. The molecule has 182 valence electrons. The summed E-state index contributed by atoms with van der Waals surface area (Å²) in [6.45, 7) is 3.38. The van der Waals surface area contributed by atoms with E-state index in [4.69, 9.17) is 0 Å². The average Bonchev–Trinajstić information content (AvgIpc) is 2.82. The van der Waals surface area contributed by atoms with Crippen molar-refractivity contribution in [1.82, 2.24) is 20.5 Å². The summed E-state index contributed by atoms with van der Waals surface area (Å²) >= 11 is 0. The summed E-state index contributed by atoms with van der Waals surface area (Å²) in [5, 5.41) is 10.8. The maximum atomic E-state index is 12.5. The van der Waals surface area contributed by atoms with Crippen LogP contribution in [-0.4, -0.2) is 56.2 Å². The molecule has 34 heavy (non-hydrogen) atoms. The molecule has 1 aliphatic heterocycles. The van der Waals surface area contributed by atoms with Gasteiger partial charge in [0.1, 0.15) is 0 Å². The van der Waals surface area contributed by atoms with Gasteiger partial charge in [-0.3, -0.25) is 35.5 Å². The Kier molecular flexibility index (Phi) is 8.31. The zero-order chi connectivity index (χ0) is 24.7. The van der Waals surface area contributed by atoms with Crippen molar-refractivity contribution >= 4 is 27.5 Å². The van der Waals surface area contributed by atoms with E-state index < -0.39 is 26.8 Å². The van der Waals surface area contributed by atoms with Crippen LogP contribution >= 0.6 is 0 Å². The number of sulfonamides is 1. The highest BCUT2D eigenvalue weighted by atomic mass is 32.2. The van der Waals surface area contributed by atoms with Gasteiger partial charge in [0.25, 0.3) is 17.5 Å². The Bertz CT molecular complexity index is 1150. The highest BCUT2D eigenvalue weighted by molar-refractivity contribution is 7.89. The quantitative estimate of drug-likeness (QED) is 0.374. The molecule has 0 aromatic heterocycles. The van der Waals surface area contributed by atoms with Crippen molar-refractivity contribution in [2.75, 3.05) is 26.2 Å². The molecule has 0 bridgehead atoms. The number of hydrazine groups is 1. The number of carbonyl (C=O) groups is 2. The minimum absolute atomic E-state index is 0.0242. The fourth-order valence-corrected chi connectivity index (χ4v) is 4.81. The molecule has 12 heteroatoms. The molecule has 3 N–H and O–H groups in total. The zero-order valence-corrected chi connectivity index (χ0v) is 19.5. The van der Waals surface area contributed by atoms with Gasteiger partial charge in [-0.1, -0.05) is 23.8 Å². The molecule has 2 aromatic carbocycles. The van der Waals surface area contributed by atoms with Gasteiger partial charge in [-0.15, -0.1) is 0 Å². The number of likely N-dealkylation sites (tertiary alicyclic amines) is 1. The van der Waals surface area contributed by atoms with Crippen molar-refractivity contribution in [3.05, 3.63) is 69.8 Å². The van der Waals surface area contributed by atoms with Crippen LogP contribution in [0, 0.1) is 23.0 Å². The number of rotatable bonds is 8. The van der Waals surface area contributed by atoms with Crippen molar-refractivity contribution < 1.29 is 22.9 Å². The molecule has 0 aliphatic carbocycles. The summed E-state index contributed by atoms with van der Waals surface area (Å²) in [5.41, 5.74) is 5.36. The predicted molar refractivity (Wildman–Crippen MR) is 124 cm³/mol. The van der Waals surface area contributed by atoms with E-state index in [0.29, 0.717) is 13.1 Å². The van der Waals surface area contributed by atoms with Crippen LogP contribution in [0.3, 0.4) is 0 Å². The molecule has 1 heterocycles. The number of non-ortho nitro benzene ring substituents is 1. The maximum absolute atomic E-state index is 12.5. The van der Waals surface area contributed by atoms with E-state index in [2.05, 4.69) is 15.6 Å². The number of piperidine rings is 1. The van der Waals surface area contributed by atoms with E-state index in [1.165, 1.54) is 18.2 Å². The average molecular weight is 490 g/mol. The molecule has 1 atom stereocenters. The molecular weight excluding hydrogens is 462 g/mol. The van der Waals surface area contributed by atoms with Crippen LogP contribution in [0.5, 0.6) is 0 Å². The topological polar surface area (TPSA) is 151 Å². The number of nitrogens with one attached hydrogen (secondary N) is 3. The van der Waals surface area contributed by atoms with Gasteiger partial charge in [0.2, 0.25) is 10.0 Å². The first kappa shape index (κ1) is 25.3. The minimum atomic E-state index is -3.61. The van der Waals surface area contributed by atoms with Crippen LogP contribution in [-0.2, 0) is 14.8 Å². The third kappa shape index (κ3) is 7.07. The van der Waals surface area contributed by atoms with Crippen molar-refractivity contribution in [2.45, 2.75) is 24.7 Å². The Morgan fingerprint density at radius 1 is 1.15 bits per heavy atom. The van der Waals surface area contributed by atoms with Crippen LogP contribution in [0.15, 0.2) is 53.4 Å². The number of amides is 2. The second-order valence-electron chi connectivity index (χ2n) is 8.22. The van der Waals surface area contributed by atoms with E-state index in [-0.39, 0.29) is 35.2 Å². The third-order valence-electron chi connectivity index (χ3n) is 5.50. The largest absolute Gasteiger partial charge is 0.294 e. The molecule has 2 amide bonds. The summed E-state index contributed by atoms with van der Waals surface area (Å²) in [5.74, 6) is -1.07. The monoisotopic (exact) mass is 489 g/mol. The van der Waals surface area contributed by atoms with Crippen LogP contribution in [0.2, 0.25) is 0 Å². The summed E-state index contributed by atoms with van der Waals surface area (Å²) in [6, 6.07) is 11.8. The number of nitrogens with zero attached hydrogens (tertiary/aromatic N) is 2. The number of hydrogen-bond donors (Lipinski definition) is 3. The summed E-state index contributed by atoms with van der Waals surface area (Å²) in [4.78, 5) is 36.8. The van der Waals surface area contributed by atoms with Gasteiger partial charge >= 0.3 is 0 Å². The summed E-state index contributed by atoms with van der Waals surface area (Å²) in [6.07, 6.45) is 1.64. The van der Waals surface area contributed by atoms with Gasteiger partial charge in [0.05, 0.1) is 16.4 Å². The third-order valence-corrected chi connectivity index (χ3v) is 6.94. The Balaban J connectivity index is 1.45. The normalized spacial score (nSPS) is 16.6. The molecule has 0 radical (unpaired) electrons. The zero-order valence-electron chi connectivity index (χ0n) is 18.7. The minimum Gasteiger partial charge on any atom is -0.294 e. The number of hydrogen-bond acceptors (Lipinski definition) is 7. The fraction of sp³-hybridized carbons (Fsp3) is 0.364. The van der Waals surface area contributed by atoms with Gasteiger partial charge in [-0.2, -0.15) is 0 Å². The van der Waals surface area contributed by atoms with E-state index in [0.717, 1.165) is 24.5 Å². The van der Waals surface area contributed by atoms with Gasteiger partial charge in [0.15, 0.2) is 0 Å². The van der Waals surface area contributed by atoms with Crippen molar-refractivity contribution in [3.63, 3.8) is 0 Å². The highest BCUT2D eigenvalue weighted by Crippen LogP contribution is 2.17. The number of nitro benzene ring substituents is 1. The molecule has 1 unspecified atom stereocenters. The van der Waals surface area contributed by atoms with E-state index >= 15 is 0 Å². The number of aryl methyl sites for hydroxylation is 1. The predicted octanol–water partition coefficient (Wildman–Crippen LogP) is 1.35. The first-order valence-corrected chi connectivity index (χ1v) is 12.2. The van der Waals surface area contributed by atoms with Gasteiger partial charge in [0, 0.05) is 30.8 Å². The molecule has 0 saturated carbocycles. The van der Waals surface area contributed by atoms with Crippen LogP contribution < -0.4 is 15.6 Å². The molecule has 0 spiro atoms. The van der Waals surface area contributed by atoms with Crippen LogP contribution in [0.25, 0.3) is 0 Å². The second kappa shape index (κ2) is 11.2. The number of nitro groups is 1. The lowest BCUT2D eigenvalue weighted by Gasteiger charge is -2.32. The lowest BCUT2D eigenvalue weighted by Crippen LogP contribution is -2.49. The van der Waals surface area contributed by atoms with Crippen molar-refractivity contribution in [1.29, 1.82) is 0 Å². The SMILES string of the molecule is Cc1ccc(S(=O)(=O)NCC2CCCN(CC(=O)NNC(=O)c3cccc([N+](=O)[O-])c3)C2)cc1. The number of carbonyl (C=O) groups excluding carboxylic acids is 2. The van der Waals surface area contributed by atoms with Crippen LogP contribution in [0.1, 0.15) is 28.8 Å². The maximum Gasteiger partial charge on any atom is 0.270 e. The molecule has 1 fully saturated rings. The fourth-order valence-electron chi connectivity index (χ4n) is 3.69. The lowest BCUT2D eigenvalue weighted by atomic mass is 9.98. The van der Waals surface area contributed by atoms with Crippen molar-refractivity contribution in [3.8, 4) is 0 Å². The molecule has 1 saturated heterocycles. The van der Waals surface area contributed by atoms with Gasteiger partial charge in [-0.05, 0) is 50.4 Å². The molecule has 11 nitrogen and oxygen atoms in total. The molecule has 2 aromatic rings. The Labute approximate surface area is 197 Å². The van der Waals surface area contributed by atoms with Crippen molar-refractivity contribution in [2.24, 2.45) is 5.92 Å². The standard InChI is InChI=1S/C22H27N5O6S/c1-16-7-9-20(10-8-16)34(32,33)23-13-17-4-3-11-26(14-17)15-21(28)24-25-22(29)18-5-2-6-19(12-18)27(30)31/h2,5-10,12,17,23H,3-4,11,13-15H2,1H3,(H,24,28)(H,25,29). The van der Waals surface area contributed by atoms with Gasteiger partial charge < -0.3 is 0 Å². The smallest absolute Gasteiger partial charge is 0.270 e. The van der Waals surface area contributed by atoms with E-state index in [9.17, 15) is 28.1 Å². The van der Waals surface area contributed by atoms with E-state index in [1.807, 2.05) is 11.8 Å². The van der Waals surface area contributed by atoms with Gasteiger partial charge in [-0.25, -0.2) is 13.1 Å². The summed E-state index contributed by atoms with van der Waals surface area (Å²) < 4.78 is 27.7. The lowest BCUT2D eigenvalue weighted by molar-refractivity contribution is -0.384. The Hall–Kier alpha value is -3.35. The Morgan fingerprint density at radius 2 is 1.88 bits per heavy atom. The highest BCUT2D eigenvalue weighted by Gasteiger charge is 2.24. The Morgan fingerprint density at radius 3 is 2.59 bits per heavy atom. The first-order chi connectivity index (χ1) is 16.1.